The molecule has 0 bridgehead atoms. The summed E-state index contributed by atoms with van der Waals surface area (Å²) in [6.45, 7) is 3.79. The summed E-state index contributed by atoms with van der Waals surface area (Å²) < 4.78 is 0. The van der Waals surface area contributed by atoms with E-state index >= 15 is 0 Å². The lowest BCUT2D eigenvalue weighted by Gasteiger charge is -2.39. The van der Waals surface area contributed by atoms with Gasteiger partial charge in [0.05, 0.1) is 11.3 Å². The molecule has 20 heavy (non-hydrogen) atoms. The highest BCUT2D eigenvalue weighted by atomic mass is 16.3. The highest BCUT2D eigenvalue weighted by Gasteiger charge is 2.46. The van der Waals surface area contributed by atoms with E-state index < -0.39 is 5.60 Å². The number of nitrogens with zero attached hydrogens (tertiary/aromatic N) is 2. The second-order valence-electron chi connectivity index (χ2n) is 6.22. The van der Waals surface area contributed by atoms with E-state index in [1.807, 2.05) is 6.07 Å². The van der Waals surface area contributed by atoms with Crippen molar-refractivity contribution in [2.24, 2.45) is 10.9 Å². The number of hydrogen-bond donors (Lipinski definition) is 2. The first-order valence-corrected chi connectivity index (χ1v) is 7.61. The summed E-state index contributed by atoms with van der Waals surface area (Å²) in [6.07, 6.45) is 2.71. The van der Waals surface area contributed by atoms with Gasteiger partial charge in [-0.2, -0.15) is 0 Å². The predicted molar refractivity (Wildman–Crippen MR) is 79.1 cm³/mol. The van der Waals surface area contributed by atoms with Gasteiger partial charge in [-0.1, -0.05) is 18.2 Å². The molecule has 0 spiro atoms. The highest BCUT2D eigenvalue weighted by Crippen LogP contribution is 2.40. The van der Waals surface area contributed by atoms with Crippen LogP contribution in [0.1, 0.15) is 24.8 Å². The fourth-order valence-electron chi connectivity index (χ4n) is 3.86. The van der Waals surface area contributed by atoms with Gasteiger partial charge in [0.1, 0.15) is 5.84 Å². The van der Waals surface area contributed by atoms with Gasteiger partial charge in [0.25, 0.3) is 0 Å². The summed E-state index contributed by atoms with van der Waals surface area (Å²) in [5, 5.41) is 14.3. The quantitative estimate of drug-likeness (QED) is 0.817. The Morgan fingerprint density at radius 3 is 2.90 bits per heavy atom. The molecule has 1 atom stereocenters. The topological polar surface area (TPSA) is 47.9 Å². The number of amidine groups is 1. The summed E-state index contributed by atoms with van der Waals surface area (Å²) in [4.78, 5) is 7.23. The van der Waals surface area contributed by atoms with Gasteiger partial charge in [-0.15, -0.1) is 0 Å². The monoisotopic (exact) mass is 271 g/mol. The number of para-hydroxylation sites is 1. The Morgan fingerprint density at radius 1 is 1.25 bits per heavy atom. The third kappa shape index (κ3) is 1.86. The van der Waals surface area contributed by atoms with Gasteiger partial charge in [0, 0.05) is 19.0 Å². The molecular weight excluding hydrogens is 250 g/mol. The zero-order chi connectivity index (χ0) is 13.6. The first kappa shape index (κ1) is 12.4. The Bertz CT molecular complexity index is 548. The van der Waals surface area contributed by atoms with Crippen LogP contribution in [0.3, 0.4) is 0 Å². The van der Waals surface area contributed by atoms with E-state index in [4.69, 9.17) is 4.99 Å². The van der Waals surface area contributed by atoms with Crippen molar-refractivity contribution < 1.29 is 5.11 Å². The zero-order valence-electron chi connectivity index (χ0n) is 11.7. The molecule has 0 aromatic heterocycles. The van der Waals surface area contributed by atoms with Gasteiger partial charge in [0.2, 0.25) is 0 Å². The van der Waals surface area contributed by atoms with Crippen molar-refractivity contribution in [1.29, 1.82) is 0 Å². The molecule has 4 nitrogen and oxygen atoms in total. The standard InChI is InChI=1S/C16H21N3O/c20-16(6-8-17-9-7-16)13-5-10-19-11-12-3-1-2-4-14(12)18-15(13)19/h1-4,13,17,20H,5-11H2. The molecule has 1 aromatic rings. The van der Waals surface area contributed by atoms with Gasteiger partial charge in [-0.05, 0) is 44.0 Å². The molecule has 3 aliphatic rings. The van der Waals surface area contributed by atoms with E-state index in [-0.39, 0.29) is 5.92 Å². The Kier molecular flexibility index (Phi) is 2.82. The van der Waals surface area contributed by atoms with E-state index in [0.717, 1.165) is 57.0 Å². The molecule has 0 aliphatic carbocycles. The van der Waals surface area contributed by atoms with Crippen molar-refractivity contribution in [3.05, 3.63) is 29.8 Å². The van der Waals surface area contributed by atoms with Gasteiger partial charge in [0.15, 0.2) is 0 Å². The minimum Gasteiger partial charge on any atom is -0.389 e. The lowest BCUT2D eigenvalue weighted by Crippen LogP contribution is -2.50. The molecule has 2 fully saturated rings. The number of hydrogen-bond acceptors (Lipinski definition) is 4. The van der Waals surface area contributed by atoms with Crippen LogP contribution in [0.15, 0.2) is 29.3 Å². The Hall–Kier alpha value is -1.39. The van der Waals surface area contributed by atoms with Crippen molar-refractivity contribution in [3.63, 3.8) is 0 Å². The van der Waals surface area contributed by atoms with Gasteiger partial charge in [-0.3, -0.25) is 0 Å². The Balaban J connectivity index is 1.69. The smallest absolute Gasteiger partial charge is 0.111 e. The lowest BCUT2D eigenvalue weighted by atomic mass is 9.78. The van der Waals surface area contributed by atoms with Crippen molar-refractivity contribution in [3.8, 4) is 0 Å². The Labute approximate surface area is 119 Å². The van der Waals surface area contributed by atoms with Crippen LogP contribution in [0.4, 0.5) is 5.69 Å². The van der Waals surface area contributed by atoms with Gasteiger partial charge < -0.3 is 15.3 Å². The number of benzene rings is 1. The van der Waals surface area contributed by atoms with E-state index in [0.29, 0.717) is 0 Å². The molecule has 0 amide bonds. The number of aliphatic hydroxyl groups is 1. The summed E-state index contributed by atoms with van der Waals surface area (Å²) in [6, 6.07) is 8.36. The van der Waals surface area contributed by atoms with Crippen molar-refractivity contribution in [2.75, 3.05) is 19.6 Å². The molecule has 2 N–H and O–H groups in total. The number of fused-ring (bicyclic) bond motifs is 2. The summed E-state index contributed by atoms with van der Waals surface area (Å²) >= 11 is 0. The normalized spacial score (nSPS) is 27.8. The second kappa shape index (κ2) is 4.57. The van der Waals surface area contributed by atoms with Gasteiger partial charge >= 0.3 is 0 Å². The van der Waals surface area contributed by atoms with Crippen molar-refractivity contribution in [1.82, 2.24) is 10.2 Å². The maximum Gasteiger partial charge on any atom is 0.111 e. The predicted octanol–water partition coefficient (Wildman–Crippen LogP) is 1.67. The number of aliphatic imine (C=N–C) groups is 1. The van der Waals surface area contributed by atoms with E-state index in [1.54, 1.807) is 0 Å². The fourth-order valence-corrected chi connectivity index (χ4v) is 3.86. The van der Waals surface area contributed by atoms with Crippen LogP contribution in [0.2, 0.25) is 0 Å². The van der Waals surface area contributed by atoms with Crippen LogP contribution < -0.4 is 5.32 Å². The number of rotatable bonds is 1. The van der Waals surface area contributed by atoms with Crippen LogP contribution in [-0.2, 0) is 6.54 Å². The van der Waals surface area contributed by atoms with Crippen LogP contribution in [-0.4, -0.2) is 41.1 Å². The van der Waals surface area contributed by atoms with E-state index in [9.17, 15) is 5.11 Å². The lowest BCUT2D eigenvalue weighted by molar-refractivity contribution is -0.0196. The number of piperidine rings is 1. The minimum absolute atomic E-state index is 0.206. The third-order valence-corrected chi connectivity index (χ3v) is 5.03. The zero-order valence-corrected chi connectivity index (χ0v) is 11.7. The second-order valence-corrected chi connectivity index (χ2v) is 6.22. The minimum atomic E-state index is -0.564. The first-order valence-electron chi connectivity index (χ1n) is 7.61. The molecule has 1 unspecified atom stereocenters. The van der Waals surface area contributed by atoms with Crippen LogP contribution in [0.25, 0.3) is 0 Å². The summed E-state index contributed by atoms with van der Waals surface area (Å²) in [5.74, 6) is 1.33. The van der Waals surface area contributed by atoms with E-state index in [1.165, 1.54) is 5.56 Å². The summed E-state index contributed by atoms with van der Waals surface area (Å²) in [7, 11) is 0. The van der Waals surface area contributed by atoms with Crippen molar-refractivity contribution in [2.45, 2.75) is 31.4 Å². The average molecular weight is 271 g/mol. The maximum atomic E-state index is 11.0. The molecule has 3 aliphatic heterocycles. The van der Waals surface area contributed by atoms with Crippen LogP contribution >= 0.6 is 0 Å². The SMILES string of the molecule is OC1(C2CCN3Cc4ccccc4N=C23)CCNCC1. The fraction of sp³-hybridized carbons (Fsp3) is 0.562. The molecule has 3 heterocycles. The van der Waals surface area contributed by atoms with E-state index in [2.05, 4.69) is 28.4 Å². The molecule has 4 rings (SSSR count). The molecule has 106 valence electrons. The summed E-state index contributed by atoms with van der Waals surface area (Å²) in [5.41, 5.74) is 1.82. The van der Waals surface area contributed by atoms with Crippen LogP contribution in [0.5, 0.6) is 0 Å². The molecule has 2 saturated heterocycles. The maximum absolute atomic E-state index is 11.0. The average Bonchev–Trinajstić information content (AvgIpc) is 2.89. The largest absolute Gasteiger partial charge is 0.389 e. The van der Waals surface area contributed by atoms with Gasteiger partial charge in [-0.25, -0.2) is 4.99 Å². The third-order valence-electron chi connectivity index (χ3n) is 5.03. The highest BCUT2D eigenvalue weighted by molar-refractivity contribution is 5.91. The van der Waals surface area contributed by atoms with Crippen LogP contribution in [0, 0.1) is 5.92 Å². The molecular formula is C16H21N3O. The molecule has 0 radical (unpaired) electrons. The molecule has 0 saturated carbocycles. The molecule has 1 aromatic carbocycles. The number of nitrogens with one attached hydrogen (secondary N) is 1. The van der Waals surface area contributed by atoms with Crippen molar-refractivity contribution >= 4 is 11.5 Å². The molecule has 4 heteroatoms. The first-order chi connectivity index (χ1) is 9.76. The Morgan fingerprint density at radius 2 is 2.05 bits per heavy atom.